The number of thioether (sulfide) groups is 1. The van der Waals surface area contributed by atoms with E-state index in [0.717, 1.165) is 10.6 Å². The lowest BCUT2D eigenvalue weighted by Crippen LogP contribution is -2.05. The van der Waals surface area contributed by atoms with E-state index < -0.39 is 0 Å². The second kappa shape index (κ2) is 5.90. The van der Waals surface area contributed by atoms with Gasteiger partial charge in [-0.3, -0.25) is 5.43 Å². The number of nitrogens with zero attached hydrogens (tertiary/aromatic N) is 1. The molecule has 0 spiro atoms. The molecule has 1 aromatic heterocycles. The Kier molecular flexibility index (Phi) is 4.24. The number of hydrogen-bond donors (Lipinski definition) is 2. The summed E-state index contributed by atoms with van der Waals surface area (Å²) in [6.45, 7) is 0.512. The van der Waals surface area contributed by atoms with Crippen molar-refractivity contribution in [3.8, 4) is 5.75 Å². The largest absolute Gasteiger partial charge is 0.488 e. The molecule has 2 rings (SSSR count). The fourth-order valence-corrected chi connectivity index (χ4v) is 2.31. The minimum Gasteiger partial charge on any atom is -0.488 e. The first-order valence-electron chi connectivity index (χ1n) is 5.00. The van der Waals surface area contributed by atoms with E-state index in [4.69, 9.17) is 10.6 Å². The molecule has 3 N–H and O–H groups in total. The first kappa shape index (κ1) is 12.2. The van der Waals surface area contributed by atoms with Crippen LogP contribution in [0.3, 0.4) is 0 Å². The van der Waals surface area contributed by atoms with Gasteiger partial charge in [0, 0.05) is 11.1 Å². The predicted octanol–water partition coefficient (Wildman–Crippen LogP) is 2.73. The molecule has 0 aliphatic carbocycles. The van der Waals surface area contributed by atoms with E-state index in [9.17, 15) is 0 Å². The summed E-state index contributed by atoms with van der Waals surface area (Å²) in [5, 5.41) is 0.696. The number of benzene rings is 1. The van der Waals surface area contributed by atoms with E-state index in [1.54, 1.807) is 18.0 Å². The maximum absolute atomic E-state index is 5.64. The molecule has 0 amide bonds. The van der Waals surface area contributed by atoms with Crippen molar-refractivity contribution in [3.05, 3.63) is 35.3 Å². The second-order valence-corrected chi connectivity index (χ2v) is 5.24. The van der Waals surface area contributed by atoms with Crippen molar-refractivity contribution in [1.29, 1.82) is 0 Å². The Labute approximate surface area is 108 Å². The van der Waals surface area contributed by atoms with E-state index in [1.165, 1.54) is 16.2 Å². The van der Waals surface area contributed by atoms with Crippen molar-refractivity contribution in [2.45, 2.75) is 11.5 Å². The average Bonchev–Trinajstić information content (AvgIpc) is 2.85. The number of nitrogen functional groups attached to an aromatic ring is 1. The summed E-state index contributed by atoms with van der Waals surface area (Å²) >= 11 is 3.20. The lowest BCUT2D eigenvalue weighted by Gasteiger charge is -2.04. The standard InChI is InChI=1S/C11H13N3OS2/c1-16-9-4-2-8(3-5-9)15-7-10-6-13-11(14-12)17-10/h2-6H,7,12H2,1H3,(H,13,14). The maximum Gasteiger partial charge on any atom is 0.197 e. The van der Waals surface area contributed by atoms with Gasteiger partial charge in [0.1, 0.15) is 12.4 Å². The van der Waals surface area contributed by atoms with Gasteiger partial charge in [0.05, 0.1) is 4.88 Å². The van der Waals surface area contributed by atoms with Gasteiger partial charge in [0.25, 0.3) is 0 Å². The Morgan fingerprint density at radius 2 is 2.18 bits per heavy atom. The monoisotopic (exact) mass is 267 g/mol. The van der Waals surface area contributed by atoms with Crippen molar-refractivity contribution in [2.75, 3.05) is 11.7 Å². The van der Waals surface area contributed by atoms with Gasteiger partial charge in [-0.15, -0.1) is 11.8 Å². The van der Waals surface area contributed by atoms with Gasteiger partial charge < -0.3 is 4.74 Å². The lowest BCUT2D eigenvalue weighted by atomic mass is 10.3. The average molecular weight is 267 g/mol. The minimum absolute atomic E-state index is 0.512. The molecule has 0 unspecified atom stereocenters. The molecule has 2 aromatic rings. The third kappa shape index (κ3) is 3.36. The number of hydrazine groups is 1. The van der Waals surface area contributed by atoms with E-state index >= 15 is 0 Å². The number of nitrogens with two attached hydrogens (primary N) is 1. The zero-order valence-electron chi connectivity index (χ0n) is 9.34. The topological polar surface area (TPSA) is 60.2 Å². The molecular formula is C11H13N3OS2. The number of hydrogen-bond acceptors (Lipinski definition) is 6. The van der Waals surface area contributed by atoms with Gasteiger partial charge in [0.15, 0.2) is 5.13 Å². The Morgan fingerprint density at radius 3 is 2.76 bits per heavy atom. The second-order valence-electron chi connectivity index (χ2n) is 3.24. The number of thiazole rings is 1. The highest BCUT2D eigenvalue weighted by Crippen LogP contribution is 2.22. The van der Waals surface area contributed by atoms with E-state index in [1.807, 2.05) is 24.3 Å². The molecule has 0 radical (unpaired) electrons. The van der Waals surface area contributed by atoms with Crippen LogP contribution in [0.2, 0.25) is 0 Å². The fraction of sp³-hybridized carbons (Fsp3) is 0.182. The SMILES string of the molecule is CSc1ccc(OCc2cnc(NN)s2)cc1. The predicted molar refractivity (Wildman–Crippen MR) is 72.5 cm³/mol. The Bertz CT molecular complexity index is 470. The molecule has 6 heteroatoms. The van der Waals surface area contributed by atoms with Crippen LogP contribution in [0.5, 0.6) is 5.75 Å². The van der Waals surface area contributed by atoms with Crippen LogP contribution in [0.25, 0.3) is 0 Å². The molecule has 1 heterocycles. The van der Waals surface area contributed by atoms with E-state index in [-0.39, 0.29) is 0 Å². The summed E-state index contributed by atoms with van der Waals surface area (Å²) < 4.78 is 5.64. The van der Waals surface area contributed by atoms with Crippen LogP contribution in [0.1, 0.15) is 4.88 Å². The van der Waals surface area contributed by atoms with E-state index in [2.05, 4.69) is 16.7 Å². The van der Waals surface area contributed by atoms with Gasteiger partial charge >= 0.3 is 0 Å². The zero-order valence-corrected chi connectivity index (χ0v) is 11.0. The smallest absolute Gasteiger partial charge is 0.197 e. The van der Waals surface area contributed by atoms with Crippen LogP contribution < -0.4 is 16.0 Å². The molecule has 0 aliphatic heterocycles. The summed E-state index contributed by atoms with van der Waals surface area (Å²) in [6, 6.07) is 8.02. The summed E-state index contributed by atoms with van der Waals surface area (Å²) in [5.74, 6) is 6.12. The third-order valence-electron chi connectivity index (χ3n) is 2.12. The Balaban J connectivity index is 1.92. The fourth-order valence-electron chi connectivity index (χ4n) is 1.27. The first-order chi connectivity index (χ1) is 8.31. The van der Waals surface area contributed by atoms with Gasteiger partial charge in [-0.05, 0) is 30.5 Å². The molecule has 0 saturated carbocycles. The molecule has 0 saturated heterocycles. The lowest BCUT2D eigenvalue weighted by molar-refractivity contribution is 0.309. The number of rotatable bonds is 5. The normalized spacial score (nSPS) is 10.2. The van der Waals surface area contributed by atoms with Crippen molar-refractivity contribution < 1.29 is 4.74 Å². The molecular weight excluding hydrogens is 254 g/mol. The van der Waals surface area contributed by atoms with Crippen LogP contribution in [-0.2, 0) is 6.61 Å². The molecule has 4 nitrogen and oxygen atoms in total. The third-order valence-corrected chi connectivity index (χ3v) is 3.76. The minimum atomic E-state index is 0.512. The van der Waals surface area contributed by atoms with Gasteiger partial charge in [-0.25, -0.2) is 10.8 Å². The van der Waals surface area contributed by atoms with Gasteiger partial charge in [-0.1, -0.05) is 11.3 Å². The first-order valence-corrected chi connectivity index (χ1v) is 7.04. The van der Waals surface area contributed by atoms with Gasteiger partial charge in [-0.2, -0.15) is 0 Å². The summed E-state index contributed by atoms with van der Waals surface area (Å²) in [6.07, 6.45) is 3.81. The van der Waals surface area contributed by atoms with Crippen LogP contribution >= 0.6 is 23.1 Å². The van der Waals surface area contributed by atoms with E-state index in [0.29, 0.717) is 11.7 Å². The number of aromatic nitrogens is 1. The Morgan fingerprint density at radius 1 is 1.41 bits per heavy atom. The summed E-state index contributed by atoms with van der Waals surface area (Å²) in [7, 11) is 0. The maximum atomic E-state index is 5.64. The highest BCUT2D eigenvalue weighted by atomic mass is 32.2. The van der Waals surface area contributed by atoms with Crippen molar-refractivity contribution in [2.24, 2.45) is 5.84 Å². The van der Waals surface area contributed by atoms with Crippen LogP contribution in [-0.4, -0.2) is 11.2 Å². The molecule has 90 valence electrons. The highest BCUT2D eigenvalue weighted by molar-refractivity contribution is 7.98. The number of nitrogens with one attached hydrogen (secondary N) is 1. The molecule has 0 aliphatic rings. The molecule has 1 aromatic carbocycles. The van der Waals surface area contributed by atoms with Crippen LogP contribution in [0, 0.1) is 0 Å². The number of anilines is 1. The molecule has 0 bridgehead atoms. The Hall–Kier alpha value is -1.24. The van der Waals surface area contributed by atoms with Gasteiger partial charge in [0.2, 0.25) is 0 Å². The highest BCUT2D eigenvalue weighted by Gasteiger charge is 2.01. The zero-order chi connectivity index (χ0) is 12.1. The molecule has 17 heavy (non-hydrogen) atoms. The quantitative estimate of drug-likeness (QED) is 0.495. The van der Waals surface area contributed by atoms with Crippen molar-refractivity contribution >= 4 is 28.2 Å². The van der Waals surface area contributed by atoms with Crippen LogP contribution in [0.4, 0.5) is 5.13 Å². The van der Waals surface area contributed by atoms with Crippen molar-refractivity contribution in [1.82, 2.24) is 4.98 Å². The van der Waals surface area contributed by atoms with Crippen LogP contribution in [0.15, 0.2) is 35.4 Å². The summed E-state index contributed by atoms with van der Waals surface area (Å²) in [5.41, 5.74) is 2.51. The molecule has 0 fully saturated rings. The number of ether oxygens (including phenoxy) is 1. The molecule has 0 atom stereocenters. The van der Waals surface area contributed by atoms with Crippen molar-refractivity contribution in [3.63, 3.8) is 0 Å². The summed E-state index contributed by atoms with van der Waals surface area (Å²) in [4.78, 5) is 6.33.